The number of carbonyl (C=O) groups excluding carboxylic acids is 1. The largest absolute Gasteiger partial charge is 0.496 e. The molecule has 2 heterocycles. The maximum absolute atomic E-state index is 14.0. The second-order valence-corrected chi connectivity index (χ2v) is 11.0. The molecule has 0 unspecified atom stereocenters. The van der Waals surface area contributed by atoms with Crippen LogP contribution in [0.5, 0.6) is 17.2 Å². The number of carbonyl (C=O) groups is 1. The SMILES string of the molecule is COCCOC(=O)C1=C(C)N=c2s/c(=C/c3cc(Br)c(OC)cc3OC)c(=O)n2[C@H]1c1ccccc1OC(C)C. The summed E-state index contributed by atoms with van der Waals surface area (Å²) in [5, 5.41) is 0. The number of ether oxygens (including phenoxy) is 5. The summed E-state index contributed by atoms with van der Waals surface area (Å²) in [6.45, 7) is 5.90. The van der Waals surface area contributed by atoms with Crippen LogP contribution in [0.25, 0.3) is 6.08 Å². The molecule has 212 valence electrons. The second kappa shape index (κ2) is 12.8. The van der Waals surface area contributed by atoms with E-state index in [0.29, 0.717) is 47.9 Å². The molecule has 0 amide bonds. The van der Waals surface area contributed by atoms with E-state index in [1.165, 1.54) is 23.0 Å². The molecule has 0 saturated heterocycles. The second-order valence-electron chi connectivity index (χ2n) is 9.14. The standard InChI is InChI=1S/C29H31BrN2O7S/c1-16(2)39-21-10-8-7-9-19(21)26-25(28(34)38-12-11-35-4)17(3)31-29-32(26)27(33)24(40-29)14-18-13-20(30)23(37-6)15-22(18)36-5/h7-10,13-16,26H,11-12H2,1-6H3/b24-14+/t26-/m0/s1. The molecular formula is C29H31BrN2O7S. The van der Waals surface area contributed by atoms with Crippen LogP contribution in [0.4, 0.5) is 0 Å². The van der Waals surface area contributed by atoms with Gasteiger partial charge in [0.15, 0.2) is 4.80 Å². The summed E-state index contributed by atoms with van der Waals surface area (Å²) >= 11 is 4.73. The molecule has 0 saturated carbocycles. The van der Waals surface area contributed by atoms with E-state index in [9.17, 15) is 9.59 Å². The Morgan fingerprint density at radius 1 is 1.10 bits per heavy atom. The molecule has 0 aliphatic carbocycles. The zero-order chi connectivity index (χ0) is 29.0. The summed E-state index contributed by atoms with van der Waals surface area (Å²) in [5.74, 6) is 1.13. The number of nitrogens with zero attached hydrogens (tertiary/aromatic N) is 2. The van der Waals surface area contributed by atoms with Crippen molar-refractivity contribution in [3.05, 3.63) is 83.0 Å². The van der Waals surface area contributed by atoms with Crippen LogP contribution in [0.2, 0.25) is 0 Å². The number of aromatic nitrogens is 1. The summed E-state index contributed by atoms with van der Waals surface area (Å²) in [5.41, 5.74) is 1.75. The maximum Gasteiger partial charge on any atom is 0.338 e. The smallest absolute Gasteiger partial charge is 0.338 e. The van der Waals surface area contributed by atoms with E-state index >= 15 is 0 Å². The molecule has 4 rings (SSSR count). The first-order chi connectivity index (χ1) is 19.2. The number of methoxy groups -OCH3 is 3. The van der Waals surface area contributed by atoms with Crippen molar-refractivity contribution in [1.82, 2.24) is 4.57 Å². The van der Waals surface area contributed by atoms with Gasteiger partial charge < -0.3 is 23.7 Å². The predicted molar refractivity (Wildman–Crippen MR) is 156 cm³/mol. The van der Waals surface area contributed by atoms with E-state index < -0.39 is 12.0 Å². The van der Waals surface area contributed by atoms with Crippen LogP contribution < -0.4 is 29.1 Å². The number of fused-ring (bicyclic) bond motifs is 1. The lowest BCUT2D eigenvalue weighted by atomic mass is 9.95. The third kappa shape index (κ3) is 6.01. The summed E-state index contributed by atoms with van der Waals surface area (Å²) < 4.78 is 30.3. The van der Waals surface area contributed by atoms with E-state index in [2.05, 4.69) is 20.9 Å². The number of rotatable bonds is 10. The molecule has 0 bridgehead atoms. The van der Waals surface area contributed by atoms with Crippen molar-refractivity contribution in [3.8, 4) is 17.2 Å². The van der Waals surface area contributed by atoms with Gasteiger partial charge in [0.1, 0.15) is 29.9 Å². The molecule has 11 heteroatoms. The number of halogens is 1. The highest BCUT2D eigenvalue weighted by Gasteiger charge is 2.35. The number of esters is 1. The van der Waals surface area contributed by atoms with Crippen LogP contribution in [0.15, 0.2) is 61.9 Å². The zero-order valence-corrected chi connectivity index (χ0v) is 25.6. The molecule has 40 heavy (non-hydrogen) atoms. The van der Waals surface area contributed by atoms with Crippen LogP contribution in [0, 0.1) is 0 Å². The fourth-order valence-corrected chi connectivity index (χ4v) is 5.94. The lowest BCUT2D eigenvalue weighted by Crippen LogP contribution is -2.40. The third-order valence-corrected chi connectivity index (χ3v) is 7.73. The van der Waals surface area contributed by atoms with Crippen molar-refractivity contribution in [2.75, 3.05) is 34.5 Å². The molecular weight excluding hydrogens is 600 g/mol. The Morgan fingerprint density at radius 3 is 2.50 bits per heavy atom. The van der Waals surface area contributed by atoms with Crippen molar-refractivity contribution >= 4 is 39.3 Å². The first kappa shape index (κ1) is 29.6. The van der Waals surface area contributed by atoms with Gasteiger partial charge in [-0.1, -0.05) is 29.5 Å². The van der Waals surface area contributed by atoms with Crippen molar-refractivity contribution < 1.29 is 28.5 Å². The molecule has 1 atom stereocenters. The van der Waals surface area contributed by atoms with Gasteiger partial charge in [0, 0.05) is 24.3 Å². The van der Waals surface area contributed by atoms with Crippen LogP contribution in [-0.2, 0) is 14.3 Å². The Labute approximate surface area is 244 Å². The highest BCUT2D eigenvalue weighted by Crippen LogP contribution is 2.36. The predicted octanol–water partition coefficient (Wildman–Crippen LogP) is 3.99. The number of hydrogen-bond acceptors (Lipinski definition) is 9. The highest BCUT2D eigenvalue weighted by atomic mass is 79.9. The van der Waals surface area contributed by atoms with Crippen LogP contribution >= 0.6 is 27.3 Å². The summed E-state index contributed by atoms with van der Waals surface area (Å²) in [7, 11) is 4.65. The zero-order valence-electron chi connectivity index (χ0n) is 23.1. The maximum atomic E-state index is 14.0. The summed E-state index contributed by atoms with van der Waals surface area (Å²) in [4.78, 5) is 32.6. The van der Waals surface area contributed by atoms with Gasteiger partial charge in [-0.15, -0.1) is 0 Å². The molecule has 1 aliphatic rings. The molecule has 0 N–H and O–H groups in total. The monoisotopic (exact) mass is 630 g/mol. The van der Waals surface area contributed by atoms with Gasteiger partial charge in [-0.05, 0) is 54.9 Å². The quantitative estimate of drug-likeness (QED) is 0.247. The highest BCUT2D eigenvalue weighted by molar-refractivity contribution is 9.10. The molecule has 0 radical (unpaired) electrons. The van der Waals surface area contributed by atoms with Crippen LogP contribution in [-0.4, -0.2) is 51.2 Å². The van der Waals surface area contributed by atoms with Gasteiger partial charge in [0.25, 0.3) is 5.56 Å². The number of allylic oxidation sites excluding steroid dienone is 1. The number of hydrogen-bond donors (Lipinski definition) is 0. The Kier molecular flexibility index (Phi) is 9.49. The molecule has 1 aliphatic heterocycles. The Balaban J connectivity index is 1.95. The van der Waals surface area contributed by atoms with Crippen molar-refractivity contribution in [2.45, 2.75) is 32.9 Å². The molecule has 3 aromatic rings. The number of para-hydroxylation sites is 1. The van der Waals surface area contributed by atoms with Gasteiger partial charge in [0.05, 0.1) is 47.2 Å². The number of thiazole rings is 1. The minimum atomic E-state index is -0.812. The van der Waals surface area contributed by atoms with E-state index in [1.807, 2.05) is 44.2 Å². The van der Waals surface area contributed by atoms with E-state index in [0.717, 1.165) is 0 Å². The summed E-state index contributed by atoms with van der Waals surface area (Å²) in [6.07, 6.45) is 1.62. The Bertz CT molecular complexity index is 1620. The molecule has 2 aromatic carbocycles. The normalized spacial score (nSPS) is 15.1. The minimum absolute atomic E-state index is 0.0690. The Hall–Kier alpha value is -3.41. The Morgan fingerprint density at radius 2 is 1.82 bits per heavy atom. The molecule has 9 nitrogen and oxygen atoms in total. The van der Waals surface area contributed by atoms with Crippen LogP contribution in [0.3, 0.4) is 0 Å². The topological polar surface area (TPSA) is 97.6 Å². The van der Waals surface area contributed by atoms with Crippen molar-refractivity contribution in [1.29, 1.82) is 0 Å². The van der Waals surface area contributed by atoms with Gasteiger partial charge >= 0.3 is 5.97 Å². The van der Waals surface area contributed by atoms with Gasteiger partial charge in [-0.3, -0.25) is 9.36 Å². The average molecular weight is 632 g/mol. The van der Waals surface area contributed by atoms with Gasteiger partial charge in [0.2, 0.25) is 0 Å². The molecule has 0 fully saturated rings. The average Bonchev–Trinajstić information content (AvgIpc) is 3.22. The molecule has 1 aromatic heterocycles. The molecule has 0 spiro atoms. The first-order valence-electron chi connectivity index (χ1n) is 12.6. The van der Waals surface area contributed by atoms with Gasteiger partial charge in [-0.25, -0.2) is 9.79 Å². The van der Waals surface area contributed by atoms with Crippen molar-refractivity contribution in [2.24, 2.45) is 4.99 Å². The third-order valence-electron chi connectivity index (χ3n) is 6.13. The lowest BCUT2D eigenvalue weighted by Gasteiger charge is -2.27. The summed E-state index contributed by atoms with van der Waals surface area (Å²) in [6, 6.07) is 10.1. The minimum Gasteiger partial charge on any atom is -0.496 e. The van der Waals surface area contributed by atoms with E-state index in [4.69, 9.17) is 23.7 Å². The van der Waals surface area contributed by atoms with Crippen molar-refractivity contribution in [3.63, 3.8) is 0 Å². The van der Waals surface area contributed by atoms with E-state index in [-0.39, 0.29) is 30.5 Å². The fourth-order valence-electron chi connectivity index (χ4n) is 4.38. The van der Waals surface area contributed by atoms with Crippen LogP contribution in [0.1, 0.15) is 37.9 Å². The van der Waals surface area contributed by atoms with Gasteiger partial charge in [-0.2, -0.15) is 0 Å². The lowest BCUT2D eigenvalue weighted by molar-refractivity contribution is -0.140. The first-order valence-corrected chi connectivity index (χ1v) is 14.2. The number of benzene rings is 2. The fraction of sp³-hybridized carbons (Fsp3) is 0.345. The van der Waals surface area contributed by atoms with E-state index in [1.54, 1.807) is 33.3 Å².